The number of benzene rings is 8. The van der Waals surface area contributed by atoms with Crippen molar-refractivity contribution in [3.8, 4) is 44.5 Å². The zero-order valence-electron chi connectivity index (χ0n) is 24.7. The number of hydrogen-bond acceptors (Lipinski definition) is 0. The maximum Gasteiger partial charge on any atom is 0.0725 e. The van der Waals surface area contributed by atoms with Crippen LogP contribution in [0.2, 0.25) is 0 Å². The second-order valence-corrected chi connectivity index (χ2v) is 12.4. The monoisotopic (exact) mass is 568 g/mol. The van der Waals surface area contributed by atoms with E-state index in [1.807, 2.05) is 0 Å². The second kappa shape index (κ2) is 9.14. The highest BCUT2D eigenvalue weighted by Gasteiger charge is 2.52. The van der Waals surface area contributed by atoms with E-state index in [0.717, 1.165) is 0 Å². The Morgan fingerprint density at radius 1 is 0.244 bits per heavy atom. The SMILES string of the molecule is c1ccc2c(c1)-c1c(-c3cccc4ccccc34)cccc1C21c2ccccc2-c2c(-c3cccc4ccccc34)cccc21. The molecule has 1 spiro atoms. The molecule has 0 fully saturated rings. The van der Waals surface area contributed by atoms with Crippen LogP contribution in [-0.4, -0.2) is 0 Å². The fourth-order valence-corrected chi connectivity index (χ4v) is 8.61. The van der Waals surface area contributed by atoms with E-state index in [1.165, 1.54) is 88.3 Å². The van der Waals surface area contributed by atoms with Crippen molar-refractivity contribution in [3.63, 3.8) is 0 Å². The molecule has 0 unspecified atom stereocenters. The van der Waals surface area contributed by atoms with Gasteiger partial charge in [0.2, 0.25) is 0 Å². The first-order valence-electron chi connectivity index (χ1n) is 15.8. The summed E-state index contributed by atoms with van der Waals surface area (Å²) < 4.78 is 0. The lowest BCUT2D eigenvalue weighted by Crippen LogP contribution is -2.25. The van der Waals surface area contributed by atoms with Crippen molar-refractivity contribution < 1.29 is 0 Å². The Morgan fingerprint density at radius 3 is 1.09 bits per heavy atom. The standard InChI is InChI=1S/C45H28/c1-3-17-31-29(13-1)15-9-21-33(31)35-23-11-27-41-43(35)37-19-5-7-25-39(37)45(41)40-26-8-6-20-38(40)44-36(24-12-28-42(44)45)34-22-10-16-30-14-2-4-18-32(30)34/h1-28H. The average Bonchev–Trinajstić information content (AvgIpc) is 3.59. The summed E-state index contributed by atoms with van der Waals surface area (Å²) in [6.45, 7) is 0. The summed E-state index contributed by atoms with van der Waals surface area (Å²) in [5, 5.41) is 5.12. The van der Waals surface area contributed by atoms with E-state index < -0.39 is 5.41 Å². The Bertz CT molecular complexity index is 2310. The largest absolute Gasteiger partial charge is 0.0725 e. The summed E-state index contributed by atoms with van der Waals surface area (Å²) in [5.41, 5.74) is 15.6. The van der Waals surface area contributed by atoms with Crippen LogP contribution in [0, 0.1) is 0 Å². The Labute approximate surface area is 262 Å². The molecule has 8 aromatic carbocycles. The van der Waals surface area contributed by atoms with Gasteiger partial charge in [0.1, 0.15) is 0 Å². The van der Waals surface area contributed by atoms with Crippen molar-refractivity contribution in [2.45, 2.75) is 5.41 Å². The molecule has 0 radical (unpaired) electrons. The van der Waals surface area contributed by atoms with Gasteiger partial charge in [-0.2, -0.15) is 0 Å². The van der Waals surface area contributed by atoms with Crippen LogP contribution in [0.5, 0.6) is 0 Å². The zero-order valence-corrected chi connectivity index (χ0v) is 24.7. The summed E-state index contributed by atoms with van der Waals surface area (Å²) in [5.74, 6) is 0. The van der Waals surface area contributed by atoms with Gasteiger partial charge in [-0.1, -0.05) is 170 Å². The van der Waals surface area contributed by atoms with E-state index in [2.05, 4.69) is 170 Å². The molecule has 0 atom stereocenters. The Kier molecular flexibility index (Phi) is 5.02. The molecule has 2 aliphatic rings. The first-order chi connectivity index (χ1) is 22.4. The number of hydrogen-bond donors (Lipinski definition) is 0. The molecule has 0 bridgehead atoms. The predicted octanol–water partition coefficient (Wildman–Crippen LogP) is 11.7. The fraction of sp³-hybridized carbons (Fsp3) is 0.0222. The van der Waals surface area contributed by atoms with Gasteiger partial charge in [-0.05, 0) is 88.3 Å². The minimum atomic E-state index is -0.404. The smallest absolute Gasteiger partial charge is 0.0619 e. The predicted molar refractivity (Wildman–Crippen MR) is 189 cm³/mol. The first-order valence-corrected chi connectivity index (χ1v) is 15.8. The van der Waals surface area contributed by atoms with Crippen LogP contribution in [-0.2, 0) is 5.41 Å². The molecule has 45 heavy (non-hydrogen) atoms. The highest BCUT2D eigenvalue weighted by molar-refractivity contribution is 6.08. The fourth-order valence-electron chi connectivity index (χ4n) is 8.61. The zero-order chi connectivity index (χ0) is 29.5. The van der Waals surface area contributed by atoms with Crippen LogP contribution in [0.25, 0.3) is 66.1 Å². The third kappa shape index (κ3) is 3.16. The molecule has 2 aliphatic carbocycles. The van der Waals surface area contributed by atoms with Crippen LogP contribution in [0.15, 0.2) is 170 Å². The molecule has 0 aliphatic heterocycles. The van der Waals surface area contributed by atoms with E-state index >= 15 is 0 Å². The lowest BCUT2D eigenvalue weighted by atomic mass is 9.70. The molecule has 0 aromatic heterocycles. The van der Waals surface area contributed by atoms with Gasteiger partial charge in [0.15, 0.2) is 0 Å². The maximum absolute atomic E-state index is 2.39. The summed E-state index contributed by atoms with van der Waals surface area (Å²) in [6.07, 6.45) is 0. The first kappa shape index (κ1) is 24.7. The number of fused-ring (bicyclic) bond motifs is 12. The molecule has 10 rings (SSSR count). The summed E-state index contributed by atoms with van der Waals surface area (Å²) >= 11 is 0. The summed E-state index contributed by atoms with van der Waals surface area (Å²) in [7, 11) is 0. The molecular weight excluding hydrogens is 540 g/mol. The normalized spacial score (nSPS) is 13.5. The molecule has 0 heteroatoms. The molecule has 0 nitrogen and oxygen atoms in total. The van der Waals surface area contributed by atoms with E-state index in [4.69, 9.17) is 0 Å². The highest BCUT2D eigenvalue weighted by atomic mass is 14.5. The van der Waals surface area contributed by atoms with Gasteiger partial charge in [-0.15, -0.1) is 0 Å². The topological polar surface area (TPSA) is 0 Å². The molecule has 0 N–H and O–H groups in total. The van der Waals surface area contributed by atoms with Crippen molar-refractivity contribution in [1.82, 2.24) is 0 Å². The number of rotatable bonds is 2. The quantitative estimate of drug-likeness (QED) is 0.195. The maximum atomic E-state index is 2.39. The van der Waals surface area contributed by atoms with Crippen LogP contribution >= 0.6 is 0 Å². The van der Waals surface area contributed by atoms with Crippen molar-refractivity contribution in [2.75, 3.05) is 0 Å². The van der Waals surface area contributed by atoms with Crippen LogP contribution in [0.4, 0.5) is 0 Å². The van der Waals surface area contributed by atoms with Gasteiger partial charge in [-0.3, -0.25) is 0 Å². The van der Waals surface area contributed by atoms with E-state index in [9.17, 15) is 0 Å². The Balaban J connectivity index is 1.34. The lowest BCUT2D eigenvalue weighted by molar-refractivity contribution is 0.794. The highest BCUT2D eigenvalue weighted by Crippen LogP contribution is 2.65. The molecule has 0 saturated heterocycles. The third-order valence-electron chi connectivity index (χ3n) is 10.3. The Hall–Kier alpha value is -5.72. The molecule has 8 aromatic rings. The average molecular weight is 569 g/mol. The van der Waals surface area contributed by atoms with Crippen molar-refractivity contribution in [3.05, 3.63) is 192 Å². The van der Waals surface area contributed by atoms with Gasteiger partial charge >= 0.3 is 0 Å². The minimum Gasteiger partial charge on any atom is -0.0619 e. The van der Waals surface area contributed by atoms with Gasteiger partial charge < -0.3 is 0 Å². The summed E-state index contributed by atoms with van der Waals surface area (Å²) in [6, 6.07) is 63.2. The van der Waals surface area contributed by atoms with Crippen molar-refractivity contribution >= 4 is 21.5 Å². The minimum absolute atomic E-state index is 0.404. The molecule has 0 heterocycles. The van der Waals surface area contributed by atoms with Crippen LogP contribution in [0.3, 0.4) is 0 Å². The van der Waals surface area contributed by atoms with Crippen LogP contribution < -0.4 is 0 Å². The summed E-state index contributed by atoms with van der Waals surface area (Å²) in [4.78, 5) is 0. The van der Waals surface area contributed by atoms with Crippen molar-refractivity contribution in [2.24, 2.45) is 0 Å². The lowest BCUT2D eigenvalue weighted by Gasteiger charge is -2.30. The van der Waals surface area contributed by atoms with Crippen molar-refractivity contribution in [1.29, 1.82) is 0 Å². The van der Waals surface area contributed by atoms with Gasteiger partial charge in [0.05, 0.1) is 5.41 Å². The van der Waals surface area contributed by atoms with Gasteiger partial charge in [0, 0.05) is 0 Å². The van der Waals surface area contributed by atoms with E-state index in [0.29, 0.717) is 0 Å². The van der Waals surface area contributed by atoms with Crippen LogP contribution in [0.1, 0.15) is 22.3 Å². The second-order valence-electron chi connectivity index (χ2n) is 12.4. The molecule has 0 saturated carbocycles. The van der Waals surface area contributed by atoms with Gasteiger partial charge in [-0.25, -0.2) is 0 Å². The molecule has 0 amide bonds. The third-order valence-corrected chi connectivity index (χ3v) is 10.3. The Morgan fingerprint density at radius 2 is 0.578 bits per heavy atom. The van der Waals surface area contributed by atoms with E-state index in [-0.39, 0.29) is 0 Å². The molecule has 208 valence electrons. The van der Waals surface area contributed by atoms with E-state index in [1.54, 1.807) is 0 Å². The van der Waals surface area contributed by atoms with Gasteiger partial charge in [0.25, 0.3) is 0 Å². The molecular formula is C45H28.